The molecule has 0 aliphatic carbocycles. The first-order valence-corrected chi connectivity index (χ1v) is 12.0. The summed E-state index contributed by atoms with van der Waals surface area (Å²) in [6, 6.07) is 11.8. The quantitative estimate of drug-likeness (QED) is 0.516. The van der Waals surface area contributed by atoms with Gasteiger partial charge in [-0.05, 0) is 61.6 Å². The number of aromatic nitrogens is 4. The van der Waals surface area contributed by atoms with E-state index in [1.807, 2.05) is 19.3 Å². The van der Waals surface area contributed by atoms with Gasteiger partial charge in [-0.15, -0.1) is 0 Å². The number of pyridine rings is 1. The second kappa shape index (κ2) is 7.94. The number of H-pyrrole nitrogens is 1. The third-order valence-electron chi connectivity index (χ3n) is 6.14. The van der Waals surface area contributed by atoms with Crippen molar-refractivity contribution in [3.05, 3.63) is 66.9 Å². The molecule has 1 aliphatic heterocycles. The van der Waals surface area contributed by atoms with Crippen LogP contribution in [0.5, 0.6) is 0 Å². The molecule has 7 nitrogen and oxygen atoms in total. The second-order valence-corrected chi connectivity index (χ2v) is 10.1. The maximum Gasteiger partial charge on any atom is 0.243 e. The average Bonchev–Trinajstić information content (AvgIpc) is 3.44. The van der Waals surface area contributed by atoms with Crippen molar-refractivity contribution in [3.8, 4) is 11.1 Å². The average molecular weight is 436 g/mol. The molecule has 0 spiro atoms. The molecule has 1 N–H and O–H groups in total. The zero-order valence-electron chi connectivity index (χ0n) is 17.4. The summed E-state index contributed by atoms with van der Waals surface area (Å²) >= 11 is 0. The van der Waals surface area contributed by atoms with Crippen LogP contribution in [0.25, 0.3) is 22.0 Å². The Labute approximate surface area is 181 Å². The Kier molecular flexibility index (Phi) is 5.11. The first-order chi connectivity index (χ1) is 15.0. The number of hydrogen-bond acceptors (Lipinski definition) is 4. The lowest BCUT2D eigenvalue weighted by molar-refractivity contribution is 0.254. The largest absolute Gasteiger partial charge is 0.347 e. The number of hydrogen-bond donors (Lipinski definition) is 1. The van der Waals surface area contributed by atoms with E-state index >= 15 is 0 Å². The molecule has 4 aromatic rings. The molecule has 1 saturated heterocycles. The zero-order chi connectivity index (χ0) is 21.4. The Morgan fingerprint density at radius 3 is 2.68 bits per heavy atom. The van der Waals surface area contributed by atoms with Gasteiger partial charge in [-0.25, -0.2) is 8.42 Å². The monoisotopic (exact) mass is 435 g/mol. The van der Waals surface area contributed by atoms with Gasteiger partial charge in [0.15, 0.2) is 0 Å². The van der Waals surface area contributed by atoms with Gasteiger partial charge in [0.25, 0.3) is 0 Å². The van der Waals surface area contributed by atoms with Crippen LogP contribution in [0.3, 0.4) is 0 Å². The number of nitrogens with zero attached hydrogens (tertiary/aromatic N) is 4. The third-order valence-corrected chi connectivity index (χ3v) is 8.03. The summed E-state index contributed by atoms with van der Waals surface area (Å²) in [6.45, 7) is 3.82. The molecule has 31 heavy (non-hydrogen) atoms. The molecular formula is C23H25N5O2S. The molecule has 1 fully saturated rings. The molecule has 8 heteroatoms. The second-order valence-electron chi connectivity index (χ2n) is 8.21. The summed E-state index contributed by atoms with van der Waals surface area (Å²) in [5.74, 6) is 0.453. The number of benzene rings is 1. The standard InChI is InChI=1S/C23H25N5O2S/c1-17-12-22(4-8-24-17)31(29,30)28-10-5-18(6-11-28)16-27-9-7-20-13-19(2-3-23(20)27)21-14-25-26-15-21/h2-4,7-9,12-15,18H,5-6,10-11,16H2,1H3,(H,25,26). The number of nitrogens with one attached hydrogen (secondary N) is 1. The van der Waals surface area contributed by atoms with Gasteiger partial charge in [0.05, 0.1) is 11.1 Å². The molecule has 0 unspecified atom stereocenters. The van der Waals surface area contributed by atoms with Crippen molar-refractivity contribution in [1.82, 2.24) is 24.1 Å². The number of aromatic amines is 1. The van der Waals surface area contributed by atoms with E-state index in [0.29, 0.717) is 29.6 Å². The van der Waals surface area contributed by atoms with Crippen LogP contribution < -0.4 is 0 Å². The first-order valence-electron chi connectivity index (χ1n) is 10.5. The van der Waals surface area contributed by atoms with Crippen LogP contribution in [0.2, 0.25) is 0 Å². The number of fused-ring (bicyclic) bond motifs is 1. The van der Waals surface area contributed by atoms with Crippen molar-refractivity contribution < 1.29 is 8.42 Å². The molecular weight excluding hydrogens is 410 g/mol. The Hall–Kier alpha value is -2.97. The summed E-state index contributed by atoms with van der Waals surface area (Å²) in [5, 5.41) is 8.09. The van der Waals surface area contributed by atoms with Gasteiger partial charge in [-0.3, -0.25) is 10.1 Å². The van der Waals surface area contributed by atoms with Crippen molar-refractivity contribution in [2.75, 3.05) is 13.1 Å². The fraction of sp³-hybridized carbons (Fsp3) is 0.304. The fourth-order valence-corrected chi connectivity index (χ4v) is 5.93. The zero-order valence-corrected chi connectivity index (χ0v) is 18.2. The lowest BCUT2D eigenvalue weighted by Gasteiger charge is -2.31. The molecule has 0 atom stereocenters. The summed E-state index contributed by atoms with van der Waals surface area (Å²) in [6.07, 6.45) is 9.13. The lowest BCUT2D eigenvalue weighted by Crippen LogP contribution is -2.39. The van der Waals surface area contributed by atoms with Crippen molar-refractivity contribution in [1.29, 1.82) is 0 Å². The van der Waals surface area contributed by atoms with E-state index in [2.05, 4.69) is 50.2 Å². The van der Waals surface area contributed by atoms with Crippen molar-refractivity contribution >= 4 is 20.9 Å². The summed E-state index contributed by atoms with van der Waals surface area (Å²) in [4.78, 5) is 4.44. The molecule has 0 bridgehead atoms. The van der Waals surface area contributed by atoms with Crippen LogP contribution in [0.1, 0.15) is 18.5 Å². The maximum atomic E-state index is 13.0. The van der Waals surface area contributed by atoms with E-state index in [9.17, 15) is 8.42 Å². The minimum Gasteiger partial charge on any atom is -0.347 e. The normalized spacial score (nSPS) is 16.2. The van der Waals surface area contributed by atoms with E-state index < -0.39 is 10.0 Å². The van der Waals surface area contributed by atoms with E-state index in [4.69, 9.17) is 0 Å². The van der Waals surface area contributed by atoms with Crippen LogP contribution in [0.15, 0.2) is 66.1 Å². The Bertz CT molecular complexity index is 1300. The van der Waals surface area contributed by atoms with Gasteiger partial charge in [0, 0.05) is 60.4 Å². The SMILES string of the molecule is Cc1cc(S(=O)(=O)N2CCC(Cn3ccc4cc(-c5cn[nH]c5)ccc43)CC2)ccn1. The Balaban J connectivity index is 1.27. The van der Waals surface area contributed by atoms with E-state index in [-0.39, 0.29) is 0 Å². The highest BCUT2D eigenvalue weighted by Crippen LogP contribution is 2.28. The van der Waals surface area contributed by atoms with Gasteiger partial charge in [-0.1, -0.05) is 6.07 Å². The minimum atomic E-state index is -3.45. The molecule has 0 saturated carbocycles. The predicted octanol–water partition coefficient (Wildman–Crippen LogP) is 3.84. The molecule has 1 aromatic carbocycles. The highest BCUT2D eigenvalue weighted by molar-refractivity contribution is 7.89. The smallest absolute Gasteiger partial charge is 0.243 e. The first kappa shape index (κ1) is 20.0. The van der Waals surface area contributed by atoms with Crippen LogP contribution in [-0.4, -0.2) is 45.6 Å². The van der Waals surface area contributed by atoms with E-state index in [1.165, 1.54) is 10.9 Å². The van der Waals surface area contributed by atoms with Gasteiger partial charge in [0.2, 0.25) is 10.0 Å². The molecule has 3 aromatic heterocycles. The van der Waals surface area contributed by atoms with Crippen molar-refractivity contribution in [3.63, 3.8) is 0 Å². The maximum absolute atomic E-state index is 13.0. The van der Waals surface area contributed by atoms with Gasteiger partial charge in [-0.2, -0.15) is 9.40 Å². The minimum absolute atomic E-state index is 0.336. The summed E-state index contributed by atoms with van der Waals surface area (Å²) < 4.78 is 29.8. The topological polar surface area (TPSA) is 83.9 Å². The molecule has 0 radical (unpaired) electrons. The van der Waals surface area contributed by atoms with Gasteiger partial charge in [0.1, 0.15) is 0 Å². The predicted molar refractivity (Wildman–Crippen MR) is 120 cm³/mol. The van der Waals surface area contributed by atoms with Crippen LogP contribution in [-0.2, 0) is 16.6 Å². The van der Waals surface area contributed by atoms with Crippen LogP contribution in [0.4, 0.5) is 0 Å². The Morgan fingerprint density at radius 2 is 1.94 bits per heavy atom. The number of aryl methyl sites for hydroxylation is 1. The summed E-state index contributed by atoms with van der Waals surface area (Å²) in [5.41, 5.74) is 4.14. The lowest BCUT2D eigenvalue weighted by atomic mass is 9.98. The molecule has 1 aliphatic rings. The summed E-state index contributed by atoms with van der Waals surface area (Å²) in [7, 11) is -3.45. The van der Waals surface area contributed by atoms with E-state index in [1.54, 1.807) is 22.6 Å². The highest BCUT2D eigenvalue weighted by atomic mass is 32.2. The number of rotatable bonds is 5. The van der Waals surface area contributed by atoms with Gasteiger partial charge < -0.3 is 4.57 Å². The molecule has 5 rings (SSSR count). The van der Waals surface area contributed by atoms with Crippen LogP contribution in [0, 0.1) is 12.8 Å². The van der Waals surface area contributed by atoms with Crippen LogP contribution >= 0.6 is 0 Å². The Morgan fingerprint density at radius 1 is 1.10 bits per heavy atom. The van der Waals surface area contributed by atoms with Crippen molar-refractivity contribution in [2.24, 2.45) is 5.92 Å². The fourth-order valence-electron chi connectivity index (χ4n) is 4.39. The van der Waals surface area contributed by atoms with Crippen molar-refractivity contribution in [2.45, 2.75) is 31.2 Å². The number of sulfonamides is 1. The highest BCUT2D eigenvalue weighted by Gasteiger charge is 2.29. The third kappa shape index (κ3) is 3.88. The molecule has 0 amide bonds. The molecule has 4 heterocycles. The van der Waals surface area contributed by atoms with Gasteiger partial charge >= 0.3 is 0 Å². The molecule has 160 valence electrons. The van der Waals surface area contributed by atoms with E-state index in [0.717, 1.165) is 30.5 Å². The number of piperidine rings is 1.